The van der Waals surface area contributed by atoms with Crippen molar-refractivity contribution in [3.05, 3.63) is 65.2 Å². The summed E-state index contributed by atoms with van der Waals surface area (Å²) in [6.07, 6.45) is 1.61. The molecule has 1 saturated heterocycles. The number of sulfonamides is 1. The molecule has 4 nitrogen and oxygen atoms in total. The van der Waals surface area contributed by atoms with Crippen LogP contribution in [-0.4, -0.2) is 24.3 Å². The van der Waals surface area contributed by atoms with Crippen molar-refractivity contribution in [2.45, 2.75) is 18.9 Å². The summed E-state index contributed by atoms with van der Waals surface area (Å²) < 4.78 is 28.0. The Kier molecular flexibility index (Phi) is 4.30. The highest BCUT2D eigenvalue weighted by Crippen LogP contribution is 2.37. The van der Waals surface area contributed by atoms with Gasteiger partial charge in [-0.1, -0.05) is 30.3 Å². The van der Waals surface area contributed by atoms with Gasteiger partial charge in [0.25, 0.3) is 10.0 Å². The quantitative estimate of drug-likeness (QED) is 0.647. The molecule has 0 spiro atoms. The highest BCUT2D eigenvalue weighted by atomic mass is 32.2. The van der Waals surface area contributed by atoms with Gasteiger partial charge in [0.15, 0.2) is 0 Å². The summed E-state index contributed by atoms with van der Waals surface area (Å²) in [7, 11) is -3.65. The summed E-state index contributed by atoms with van der Waals surface area (Å²) in [6, 6.07) is 16.8. The van der Waals surface area contributed by atoms with E-state index in [1.165, 1.54) is 4.31 Å². The Morgan fingerprint density at radius 1 is 1.08 bits per heavy atom. The zero-order valence-electron chi connectivity index (χ0n) is 13.4. The molecule has 1 aliphatic heterocycles. The van der Waals surface area contributed by atoms with Crippen molar-refractivity contribution in [3.8, 4) is 11.2 Å². The van der Waals surface area contributed by atoms with Gasteiger partial charge in [0, 0.05) is 17.4 Å². The number of nitrogens with zero attached hydrogens (tertiary/aromatic N) is 2. The van der Waals surface area contributed by atoms with E-state index in [4.69, 9.17) is 0 Å². The molecule has 6 heteroatoms. The number of rotatable bonds is 2. The highest BCUT2D eigenvalue weighted by molar-refractivity contribution is 7.93. The van der Waals surface area contributed by atoms with Gasteiger partial charge < -0.3 is 0 Å². The van der Waals surface area contributed by atoms with Gasteiger partial charge in [0.2, 0.25) is 0 Å². The lowest BCUT2D eigenvalue weighted by molar-refractivity contribution is 0.403. The summed E-state index contributed by atoms with van der Waals surface area (Å²) in [6.45, 7) is 0.492. The number of hydrogen-bond acceptors (Lipinski definition) is 4. The van der Waals surface area contributed by atoms with Crippen molar-refractivity contribution in [2.24, 2.45) is 0 Å². The van der Waals surface area contributed by atoms with Gasteiger partial charge in [-0.05, 0) is 43.0 Å². The van der Waals surface area contributed by atoms with E-state index in [1.807, 2.05) is 42.5 Å². The van der Waals surface area contributed by atoms with Gasteiger partial charge in [0.1, 0.15) is 5.01 Å². The van der Waals surface area contributed by atoms with Crippen molar-refractivity contribution in [1.82, 2.24) is 9.29 Å². The zero-order chi connectivity index (χ0) is 17.3. The predicted molar refractivity (Wildman–Crippen MR) is 101 cm³/mol. The first-order chi connectivity index (χ1) is 12.1. The monoisotopic (exact) mass is 368 g/mol. The average molecular weight is 368 g/mol. The standard InChI is InChI=1S/C19H16N2O2S2/c22-25(23,14-12-15-7-2-1-3-8-15)21-13-6-10-17(21)19-20-16-9-4-5-11-18(16)24-19/h1-5,7-9,11,17H,6,10,13H2. The molecule has 3 aromatic rings. The lowest BCUT2D eigenvalue weighted by atomic mass is 10.2. The summed E-state index contributed by atoms with van der Waals surface area (Å²) in [4.78, 5) is 4.64. The van der Waals surface area contributed by atoms with E-state index in [-0.39, 0.29) is 6.04 Å². The smallest absolute Gasteiger partial charge is 0.239 e. The van der Waals surface area contributed by atoms with Crippen LogP contribution in [0, 0.1) is 11.2 Å². The minimum Gasteiger partial charge on any atom is -0.239 e. The van der Waals surface area contributed by atoms with E-state index in [2.05, 4.69) is 16.2 Å². The summed E-state index contributed by atoms with van der Waals surface area (Å²) >= 11 is 1.56. The van der Waals surface area contributed by atoms with Gasteiger partial charge in [-0.3, -0.25) is 0 Å². The van der Waals surface area contributed by atoms with Crippen LogP contribution in [-0.2, 0) is 10.0 Å². The number of para-hydroxylation sites is 1. The molecule has 25 heavy (non-hydrogen) atoms. The van der Waals surface area contributed by atoms with E-state index >= 15 is 0 Å². The summed E-state index contributed by atoms with van der Waals surface area (Å²) in [5, 5.41) is 3.33. The number of hydrogen-bond donors (Lipinski definition) is 0. The largest absolute Gasteiger partial charge is 0.283 e. The van der Waals surface area contributed by atoms with Crippen molar-refractivity contribution in [2.75, 3.05) is 6.54 Å². The van der Waals surface area contributed by atoms with Crippen molar-refractivity contribution >= 4 is 31.6 Å². The maximum atomic E-state index is 12.7. The Balaban J connectivity index is 1.65. The zero-order valence-corrected chi connectivity index (χ0v) is 15.1. The summed E-state index contributed by atoms with van der Waals surface area (Å²) in [5.41, 5.74) is 1.61. The van der Waals surface area contributed by atoms with E-state index in [9.17, 15) is 8.42 Å². The van der Waals surface area contributed by atoms with Crippen molar-refractivity contribution in [3.63, 3.8) is 0 Å². The predicted octanol–water partition coefficient (Wildman–Crippen LogP) is 3.77. The maximum Gasteiger partial charge on any atom is 0.283 e. The first-order valence-corrected chi connectivity index (χ1v) is 10.3. The van der Waals surface area contributed by atoms with Crippen LogP contribution in [0.2, 0.25) is 0 Å². The second-order valence-electron chi connectivity index (χ2n) is 5.89. The molecular formula is C19H16N2O2S2. The van der Waals surface area contributed by atoms with Gasteiger partial charge in [-0.2, -0.15) is 12.7 Å². The normalized spacial score (nSPS) is 18.2. The van der Waals surface area contributed by atoms with E-state index in [0.717, 1.165) is 28.1 Å². The Labute approximate surface area is 151 Å². The Morgan fingerprint density at radius 3 is 2.64 bits per heavy atom. The first-order valence-electron chi connectivity index (χ1n) is 8.08. The Bertz CT molecular complexity index is 1030. The van der Waals surface area contributed by atoms with E-state index in [1.54, 1.807) is 23.5 Å². The fourth-order valence-corrected chi connectivity index (χ4v) is 5.47. The van der Waals surface area contributed by atoms with Crippen LogP contribution in [0.4, 0.5) is 0 Å². The van der Waals surface area contributed by atoms with Crippen LogP contribution in [0.5, 0.6) is 0 Å². The Hall–Kier alpha value is -2.20. The van der Waals surface area contributed by atoms with E-state index in [0.29, 0.717) is 12.1 Å². The van der Waals surface area contributed by atoms with Crippen LogP contribution < -0.4 is 0 Å². The van der Waals surface area contributed by atoms with Crippen LogP contribution in [0.15, 0.2) is 54.6 Å². The topological polar surface area (TPSA) is 50.3 Å². The second-order valence-corrected chi connectivity index (χ2v) is 8.57. The molecule has 1 unspecified atom stereocenters. The van der Waals surface area contributed by atoms with Crippen LogP contribution >= 0.6 is 11.3 Å². The van der Waals surface area contributed by atoms with Gasteiger partial charge in [0.05, 0.1) is 16.3 Å². The third-order valence-corrected chi connectivity index (χ3v) is 6.76. The van der Waals surface area contributed by atoms with Crippen LogP contribution in [0.3, 0.4) is 0 Å². The SMILES string of the molecule is O=S(=O)(C#Cc1ccccc1)N1CCCC1c1nc2ccccc2s1. The molecule has 0 amide bonds. The van der Waals surface area contributed by atoms with Crippen molar-refractivity contribution < 1.29 is 8.42 Å². The number of thiazole rings is 1. The lowest BCUT2D eigenvalue weighted by Gasteiger charge is -2.19. The first kappa shape index (κ1) is 16.3. The number of aromatic nitrogens is 1. The molecule has 1 aromatic heterocycles. The average Bonchev–Trinajstić information content (AvgIpc) is 3.27. The minimum absolute atomic E-state index is 0.215. The van der Waals surface area contributed by atoms with Crippen LogP contribution in [0.1, 0.15) is 29.5 Å². The van der Waals surface area contributed by atoms with Gasteiger partial charge in [-0.25, -0.2) is 4.98 Å². The molecule has 0 N–H and O–H groups in total. The molecule has 0 bridgehead atoms. The second kappa shape index (κ2) is 6.60. The lowest BCUT2D eigenvalue weighted by Crippen LogP contribution is -2.29. The molecule has 1 atom stereocenters. The molecular weight excluding hydrogens is 352 g/mol. The number of benzene rings is 2. The van der Waals surface area contributed by atoms with E-state index < -0.39 is 10.0 Å². The molecule has 1 aliphatic rings. The van der Waals surface area contributed by atoms with Crippen molar-refractivity contribution in [1.29, 1.82) is 0 Å². The fourth-order valence-electron chi connectivity index (χ4n) is 3.01. The van der Waals surface area contributed by atoms with Gasteiger partial charge in [-0.15, -0.1) is 11.3 Å². The minimum atomic E-state index is -3.65. The molecule has 0 aliphatic carbocycles. The maximum absolute atomic E-state index is 12.7. The molecule has 0 radical (unpaired) electrons. The molecule has 1 fully saturated rings. The third kappa shape index (κ3) is 3.31. The molecule has 4 rings (SSSR count). The summed E-state index contributed by atoms with van der Waals surface area (Å²) in [5.74, 6) is 2.76. The number of fused-ring (bicyclic) bond motifs is 1. The molecule has 2 aromatic carbocycles. The molecule has 2 heterocycles. The third-order valence-electron chi connectivity index (χ3n) is 4.21. The Morgan fingerprint density at radius 2 is 1.84 bits per heavy atom. The highest BCUT2D eigenvalue weighted by Gasteiger charge is 2.36. The molecule has 126 valence electrons. The molecule has 0 saturated carbocycles. The van der Waals surface area contributed by atoms with Gasteiger partial charge >= 0.3 is 0 Å². The fraction of sp³-hybridized carbons (Fsp3) is 0.211. The van der Waals surface area contributed by atoms with Crippen LogP contribution in [0.25, 0.3) is 10.2 Å².